The quantitative estimate of drug-likeness (QED) is 0.178. The van der Waals surface area contributed by atoms with Gasteiger partial charge < -0.3 is 11.6 Å². The van der Waals surface area contributed by atoms with E-state index in [0.29, 0.717) is 17.9 Å². The molecule has 33 heavy (non-hydrogen) atoms. The second-order valence-electron chi connectivity index (χ2n) is 8.42. The smallest absolute Gasteiger partial charge is 0.382 e. The Morgan fingerprint density at radius 1 is 1.09 bits per heavy atom. The maximum Gasteiger partial charge on any atom is 0.446 e. The molecule has 0 saturated carbocycles. The lowest BCUT2D eigenvalue weighted by atomic mass is 9.85. The molecule has 0 aliphatic carbocycles. The Morgan fingerprint density at radius 3 is 2.30 bits per heavy atom. The fourth-order valence-electron chi connectivity index (χ4n) is 4.89. The normalized spacial score (nSPS) is 24.4. The molecule has 3 aliphatic rings. The molecule has 3 heterocycles. The van der Waals surface area contributed by atoms with Gasteiger partial charge in [0.1, 0.15) is 5.84 Å². The monoisotopic (exact) mass is 474 g/mol. The Balaban J connectivity index is 0.000000385. The first-order chi connectivity index (χ1) is 15.7. The van der Waals surface area contributed by atoms with Crippen molar-refractivity contribution in [3.05, 3.63) is 64.7 Å². The SMILES string of the molecule is CN1[C@@H]2CC[C@H]1CC(=C1c3ccccc3Sc3cc(/C(N)=N/N)ccc31)C2.O=CC(F)(F)F. The fourth-order valence-corrected chi connectivity index (χ4v) is 6.02. The first kappa shape index (κ1) is 23.4. The second kappa shape index (κ2) is 9.23. The van der Waals surface area contributed by atoms with Crippen molar-refractivity contribution in [2.24, 2.45) is 16.7 Å². The van der Waals surface area contributed by atoms with Gasteiger partial charge in [-0.3, -0.25) is 9.69 Å². The molecule has 0 spiro atoms. The van der Waals surface area contributed by atoms with Crippen LogP contribution in [0.5, 0.6) is 0 Å². The van der Waals surface area contributed by atoms with Crippen LogP contribution < -0.4 is 11.6 Å². The number of hydrogen-bond acceptors (Lipinski definition) is 5. The van der Waals surface area contributed by atoms with Crippen LogP contribution >= 0.6 is 11.8 Å². The number of aldehydes is 1. The largest absolute Gasteiger partial charge is 0.446 e. The van der Waals surface area contributed by atoms with Crippen LogP contribution in [0.3, 0.4) is 0 Å². The highest BCUT2D eigenvalue weighted by molar-refractivity contribution is 7.99. The molecule has 2 aromatic rings. The van der Waals surface area contributed by atoms with Crippen LogP contribution in [0.4, 0.5) is 13.2 Å². The van der Waals surface area contributed by atoms with E-state index in [1.165, 1.54) is 52.2 Å². The summed E-state index contributed by atoms with van der Waals surface area (Å²) in [5.74, 6) is 5.77. The van der Waals surface area contributed by atoms with Gasteiger partial charge in [0.05, 0.1) is 0 Å². The maximum absolute atomic E-state index is 10.4. The lowest BCUT2D eigenvalue weighted by Crippen LogP contribution is -2.37. The minimum absolute atomic E-state index is 0.379. The Labute approximate surface area is 194 Å². The van der Waals surface area contributed by atoms with Gasteiger partial charge >= 0.3 is 6.18 Å². The Morgan fingerprint density at radius 2 is 1.70 bits per heavy atom. The molecule has 3 aliphatic heterocycles. The number of fused-ring (bicyclic) bond motifs is 4. The number of rotatable bonds is 1. The van der Waals surface area contributed by atoms with Crippen LogP contribution in [-0.4, -0.2) is 42.3 Å². The minimum Gasteiger partial charge on any atom is -0.382 e. The number of nitrogens with zero attached hydrogens (tertiary/aromatic N) is 2. The van der Waals surface area contributed by atoms with E-state index in [9.17, 15) is 13.2 Å². The molecule has 0 amide bonds. The highest BCUT2D eigenvalue weighted by Gasteiger charge is 2.38. The van der Waals surface area contributed by atoms with Crippen molar-refractivity contribution in [2.45, 2.75) is 53.7 Å². The number of hydrogen-bond donors (Lipinski definition) is 2. The topological polar surface area (TPSA) is 84.7 Å². The number of nitrogens with two attached hydrogens (primary N) is 2. The molecule has 2 bridgehead atoms. The van der Waals surface area contributed by atoms with Crippen molar-refractivity contribution < 1.29 is 18.0 Å². The van der Waals surface area contributed by atoms with Crippen LogP contribution in [0.2, 0.25) is 0 Å². The van der Waals surface area contributed by atoms with Crippen molar-refractivity contribution in [3.8, 4) is 0 Å². The van der Waals surface area contributed by atoms with Crippen molar-refractivity contribution in [2.75, 3.05) is 7.05 Å². The third-order valence-corrected chi connectivity index (χ3v) is 7.63. The van der Waals surface area contributed by atoms with E-state index in [1.807, 2.05) is 17.8 Å². The first-order valence-electron chi connectivity index (χ1n) is 10.6. The summed E-state index contributed by atoms with van der Waals surface area (Å²) in [6, 6.07) is 16.5. The van der Waals surface area contributed by atoms with Gasteiger partial charge in [-0.15, -0.1) is 0 Å². The van der Waals surface area contributed by atoms with Crippen molar-refractivity contribution in [3.63, 3.8) is 0 Å². The molecule has 174 valence electrons. The summed E-state index contributed by atoms with van der Waals surface area (Å²) in [5.41, 5.74) is 12.6. The van der Waals surface area contributed by atoms with Gasteiger partial charge in [-0.25, -0.2) is 0 Å². The van der Waals surface area contributed by atoms with Crippen LogP contribution in [0.1, 0.15) is 42.4 Å². The molecule has 2 aromatic carbocycles. The molecule has 0 unspecified atom stereocenters. The van der Waals surface area contributed by atoms with E-state index in [2.05, 4.69) is 53.4 Å². The number of piperidine rings is 1. The zero-order valence-corrected chi connectivity index (χ0v) is 18.9. The third kappa shape index (κ3) is 4.79. The van der Waals surface area contributed by atoms with E-state index in [-0.39, 0.29) is 0 Å². The summed E-state index contributed by atoms with van der Waals surface area (Å²) in [4.78, 5) is 13.9. The molecule has 2 fully saturated rings. The number of halogens is 3. The Kier molecular flexibility index (Phi) is 6.54. The molecule has 2 atom stereocenters. The summed E-state index contributed by atoms with van der Waals surface area (Å²) >= 11 is 1.81. The van der Waals surface area contributed by atoms with Gasteiger partial charge in [-0.2, -0.15) is 18.3 Å². The van der Waals surface area contributed by atoms with E-state index < -0.39 is 12.5 Å². The average molecular weight is 475 g/mol. The third-order valence-electron chi connectivity index (χ3n) is 6.50. The highest BCUT2D eigenvalue weighted by Crippen LogP contribution is 2.50. The standard InChI is InChI=1S/C22H24N4S.C2HF3O/c1-26-15-7-8-16(26)11-14(10-15)21-17-4-2-3-5-19(17)27-20-12-13(22(23)25-24)6-9-18(20)21;3-2(4,5)1-6/h2-6,9,12,15-16H,7-8,10-11,24H2,1H3,(H2,23,25);1H/t15-,16+;. The fraction of sp³-hybridized carbons (Fsp3) is 0.333. The van der Waals surface area contributed by atoms with E-state index >= 15 is 0 Å². The Hall–Kier alpha value is -2.78. The van der Waals surface area contributed by atoms with Crippen LogP contribution in [0.25, 0.3) is 5.57 Å². The minimum atomic E-state index is -4.64. The molecule has 2 saturated heterocycles. The van der Waals surface area contributed by atoms with Gasteiger partial charge in [0.25, 0.3) is 0 Å². The number of benzene rings is 2. The second-order valence-corrected chi connectivity index (χ2v) is 9.50. The van der Waals surface area contributed by atoms with Crippen LogP contribution in [-0.2, 0) is 4.79 Å². The molecule has 9 heteroatoms. The van der Waals surface area contributed by atoms with Gasteiger partial charge in [0.2, 0.25) is 6.29 Å². The zero-order valence-electron chi connectivity index (χ0n) is 18.1. The zero-order chi connectivity index (χ0) is 23.8. The summed E-state index contributed by atoms with van der Waals surface area (Å²) in [5, 5.41) is 3.66. The number of hydrazone groups is 1. The first-order valence-corrected chi connectivity index (χ1v) is 11.5. The van der Waals surface area contributed by atoms with Crippen molar-refractivity contribution >= 4 is 29.5 Å². The molecular formula is C24H25F3N4OS. The molecule has 5 rings (SSSR count). The molecule has 5 nitrogen and oxygen atoms in total. The lowest BCUT2D eigenvalue weighted by molar-refractivity contribution is -0.156. The van der Waals surface area contributed by atoms with E-state index in [0.717, 1.165) is 5.56 Å². The number of alkyl halides is 3. The summed E-state index contributed by atoms with van der Waals surface area (Å²) in [7, 11) is 2.30. The predicted molar refractivity (Wildman–Crippen MR) is 124 cm³/mol. The van der Waals surface area contributed by atoms with Gasteiger partial charge in [0, 0.05) is 27.4 Å². The maximum atomic E-state index is 10.4. The molecular weight excluding hydrogens is 449 g/mol. The van der Waals surface area contributed by atoms with Gasteiger partial charge in [-0.05, 0) is 61.6 Å². The number of carbonyl (C=O) groups is 1. The van der Waals surface area contributed by atoms with Crippen molar-refractivity contribution in [1.82, 2.24) is 4.90 Å². The lowest BCUT2D eigenvalue weighted by Gasteiger charge is -2.35. The summed E-state index contributed by atoms with van der Waals surface area (Å²) < 4.78 is 31.2. The van der Waals surface area contributed by atoms with E-state index in [4.69, 9.17) is 16.4 Å². The number of amidine groups is 1. The predicted octanol–water partition coefficient (Wildman–Crippen LogP) is 4.54. The molecule has 0 aromatic heterocycles. The molecule has 0 radical (unpaired) electrons. The number of carbonyl (C=O) groups excluding carboxylic acids is 1. The van der Waals surface area contributed by atoms with Crippen LogP contribution in [0.15, 0.2) is 62.9 Å². The van der Waals surface area contributed by atoms with E-state index in [1.54, 1.807) is 5.57 Å². The van der Waals surface area contributed by atoms with Crippen LogP contribution in [0, 0.1) is 0 Å². The Bertz CT molecular complexity index is 1110. The molecule has 4 N–H and O–H groups in total. The summed E-state index contributed by atoms with van der Waals surface area (Å²) in [6.07, 6.45) is -0.704. The van der Waals surface area contributed by atoms with Crippen molar-refractivity contribution in [1.29, 1.82) is 0 Å². The van der Waals surface area contributed by atoms with Gasteiger partial charge in [-0.1, -0.05) is 47.7 Å². The highest BCUT2D eigenvalue weighted by atomic mass is 32.2. The van der Waals surface area contributed by atoms with Gasteiger partial charge in [0.15, 0.2) is 0 Å². The summed E-state index contributed by atoms with van der Waals surface area (Å²) in [6.45, 7) is 0. The average Bonchev–Trinajstić information content (AvgIpc) is 3.00.